The van der Waals surface area contributed by atoms with E-state index in [0.29, 0.717) is 6.54 Å². The van der Waals surface area contributed by atoms with Gasteiger partial charge < -0.3 is 10.3 Å². The fourth-order valence-electron chi connectivity index (χ4n) is 1.96. The number of fused-ring (bicyclic) bond motifs is 1. The molecular formula is C12H16Cl2N2. The first-order valence-electron chi connectivity index (χ1n) is 5.23. The van der Waals surface area contributed by atoms with Crippen LogP contribution in [-0.4, -0.2) is 11.1 Å². The van der Waals surface area contributed by atoms with Crippen LogP contribution in [0.15, 0.2) is 24.4 Å². The minimum atomic E-state index is 0. The Morgan fingerprint density at radius 3 is 2.75 bits per heavy atom. The number of nitrogens with two attached hydrogens (primary N) is 1. The van der Waals surface area contributed by atoms with Crippen molar-refractivity contribution in [2.24, 2.45) is 5.73 Å². The zero-order valence-corrected chi connectivity index (χ0v) is 10.8. The maximum Gasteiger partial charge on any atom is 0.0484 e. The largest absolute Gasteiger partial charge is 0.347 e. The summed E-state index contributed by atoms with van der Waals surface area (Å²) in [5.41, 5.74) is 8.13. The number of aromatic nitrogens is 1. The molecule has 16 heavy (non-hydrogen) atoms. The third kappa shape index (κ3) is 2.34. The summed E-state index contributed by atoms with van der Waals surface area (Å²) in [6.07, 6.45) is 3.08. The summed E-state index contributed by atoms with van der Waals surface area (Å²) in [7, 11) is 0. The lowest BCUT2D eigenvalue weighted by atomic mass is 10.1. The highest BCUT2D eigenvalue weighted by molar-refractivity contribution is 6.31. The predicted octanol–water partition coefficient (Wildman–Crippen LogP) is 3.24. The molecule has 0 atom stereocenters. The number of halogens is 2. The van der Waals surface area contributed by atoms with Gasteiger partial charge in [-0.05, 0) is 43.7 Å². The summed E-state index contributed by atoms with van der Waals surface area (Å²) in [6, 6.07) is 6.03. The maximum atomic E-state index is 6.00. The number of hydrogen-bond acceptors (Lipinski definition) is 1. The zero-order valence-electron chi connectivity index (χ0n) is 9.24. The molecule has 4 heteroatoms. The number of rotatable bonds is 3. The molecule has 0 saturated heterocycles. The van der Waals surface area contributed by atoms with Gasteiger partial charge in [0.1, 0.15) is 0 Å². The summed E-state index contributed by atoms with van der Waals surface area (Å²) >= 11 is 6.00. The number of benzene rings is 1. The first kappa shape index (κ1) is 13.4. The lowest BCUT2D eigenvalue weighted by molar-refractivity contribution is 0.790. The number of aryl methyl sites for hydroxylation is 1. The Hall–Kier alpha value is -0.700. The highest BCUT2D eigenvalue weighted by atomic mass is 35.5. The molecule has 0 aliphatic heterocycles. The first-order chi connectivity index (χ1) is 7.26. The van der Waals surface area contributed by atoms with Crippen molar-refractivity contribution in [1.82, 2.24) is 4.57 Å². The van der Waals surface area contributed by atoms with Gasteiger partial charge in [0.2, 0.25) is 0 Å². The average Bonchev–Trinajstić information content (AvgIpc) is 2.57. The molecule has 0 saturated carbocycles. The second-order valence-corrected chi connectivity index (χ2v) is 4.08. The van der Waals surface area contributed by atoms with E-state index in [-0.39, 0.29) is 12.4 Å². The van der Waals surface area contributed by atoms with Crippen molar-refractivity contribution in [3.05, 3.63) is 35.0 Å². The SMILES string of the molecule is CCn1cc(CCN)c2cc(Cl)ccc21.Cl. The molecule has 2 aromatic rings. The average molecular weight is 259 g/mol. The van der Waals surface area contributed by atoms with Crippen LogP contribution < -0.4 is 5.73 Å². The molecule has 0 fully saturated rings. The molecule has 0 amide bonds. The molecule has 2 rings (SSSR count). The van der Waals surface area contributed by atoms with Gasteiger partial charge in [-0.1, -0.05) is 11.6 Å². The van der Waals surface area contributed by atoms with Crippen molar-refractivity contribution < 1.29 is 0 Å². The van der Waals surface area contributed by atoms with E-state index in [1.54, 1.807) is 0 Å². The third-order valence-corrected chi connectivity index (χ3v) is 2.92. The molecule has 0 bridgehead atoms. The topological polar surface area (TPSA) is 30.9 Å². The van der Waals surface area contributed by atoms with Crippen molar-refractivity contribution in [3.8, 4) is 0 Å². The molecular weight excluding hydrogens is 243 g/mol. The summed E-state index contributed by atoms with van der Waals surface area (Å²) < 4.78 is 2.23. The van der Waals surface area contributed by atoms with Gasteiger partial charge in [-0.15, -0.1) is 12.4 Å². The lowest BCUT2D eigenvalue weighted by Crippen LogP contribution is -2.02. The second-order valence-electron chi connectivity index (χ2n) is 3.64. The minimum absolute atomic E-state index is 0. The van der Waals surface area contributed by atoms with Crippen molar-refractivity contribution in [3.63, 3.8) is 0 Å². The van der Waals surface area contributed by atoms with E-state index >= 15 is 0 Å². The predicted molar refractivity (Wildman–Crippen MR) is 72.6 cm³/mol. The molecule has 88 valence electrons. The van der Waals surface area contributed by atoms with Crippen LogP contribution in [0.25, 0.3) is 10.9 Å². The van der Waals surface area contributed by atoms with Crippen LogP contribution in [0, 0.1) is 0 Å². The van der Waals surface area contributed by atoms with Crippen LogP contribution in [-0.2, 0) is 13.0 Å². The van der Waals surface area contributed by atoms with Gasteiger partial charge in [-0.3, -0.25) is 0 Å². The van der Waals surface area contributed by atoms with E-state index in [1.807, 2.05) is 12.1 Å². The highest BCUT2D eigenvalue weighted by Gasteiger charge is 2.07. The normalized spacial score (nSPS) is 10.4. The number of nitrogens with zero attached hydrogens (tertiary/aromatic N) is 1. The van der Waals surface area contributed by atoms with Crippen molar-refractivity contribution in [1.29, 1.82) is 0 Å². The van der Waals surface area contributed by atoms with Gasteiger partial charge >= 0.3 is 0 Å². The van der Waals surface area contributed by atoms with Crippen LogP contribution in [0.1, 0.15) is 12.5 Å². The summed E-state index contributed by atoms with van der Waals surface area (Å²) in [5, 5.41) is 2.02. The maximum absolute atomic E-state index is 6.00. The summed E-state index contributed by atoms with van der Waals surface area (Å²) in [4.78, 5) is 0. The van der Waals surface area contributed by atoms with E-state index in [0.717, 1.165) is 18.0 Å². The molecule has 1 heterocycles. The van der Waals surface area contributed by atoms with Gasteiger partial charge in [0, 0.05) is 28.7 Å². The molecule has 0 radical (unpaired) electrons. The fraction of sp³-hybridized carbons (Fsp3) is 0.333. The molecule has 2 N–H and O–H groups in total. The molecule has 0 spiro atoms. The lowest BCUT2D eigenvalue weighted by Gasteiger charge is -1.99. The van der Waals surface area contributed by atoms with Crippen LogP contribution in [0.5, 0.6) is 0 Å². The number of hydrogen-bond donors (Lipinski definition) is 1. The molecule has 1 aromatic heterocycles. The Balaban J connectivity index is 0.00000128. The molecule has 0 aliphatic rings. The molecule has 0 unspecified atom stereocenters. The van der Waals surface area contributed by atoms with Gasteiger partial charge in [0.05, 0.1) is 0 Å². The smallest absolute Gasteiger partial charge is 0.0484 e. The quantitative estimate of drug-likeness (QED) is 0.901. The second kappa shape index (κ2) is 5.58. The van der Waals surface area contributed by atoms with Gasteiger partial charge in [-0.25, -0.2) is 0 Å². The van der Waals surface area contributed by atoms with Gasteiger partial charge in [0.15, 0.2) is 0 Å². The Morgan fingerprint density at radius 1 is 1.38 bits per heavy atom. The van der Waals surface area contributed by atoms with Gasteiger partial charge in [0.25, 0.3) is 0 Å². The highest BCUT2D eigenvalue weighted by Crippen LogP contribution is 2.25. The minimum Gasteiger partial charge on any atom is -0.347 e. The monoisotopic (exact) mass is 258 g/mol. The van der Waals surface area contributed by atoms with Gasteiger partial charge in [-0.2, -0.15) is 0 Å². The zero-order chi connectivity index (χ0) is 10.8. The summed E-state index contributed by atoms with van der Waals surface area (Å²) in [5.74, 6) is 0. The molecule has 2 nitrogen and oxygen atoms in total. The fourth-order valence-corrected chi connectivity index (χ4v) is 2.13. The van der Waals surface area contributed by atoms with E-state index in [4.69, 9.17) is 17.3 Å². The van der Waals surface area contributed by atoms with E-state index < -0.39 is 0 Å². The van der Waals surface area contributed by atoms with E-state index in [1.165, 1.54) is 16.5 Å². The Kier molecular flexibility index (Phi) is 4.66. The van der Waals surface area contributed by atoms with Crippen molar-refractivity contribution in [2.75, 3.05) is 6.54 Å². The van der Waals surface area contributed by atoms with E-state index in [9.17, 15) is 0 Å². The summed E-state index contributed by atoms with van der Waals surface area (Å²) in [6.45, 7) is 3.79. The Labute approximate surface area is 107 Å². The third-order valence-electron chi connectivity index (χ3n) is 2.68. The van der Waals surface area contributed by atoms with Crippen LogP contribution in [0.2, 0.25) is 5.02 Å². The van der Waals surface area contributed by atoms with Crippen LogP contribution in [0.3, 0.4) is 0 Å². The standard InChI is InChI=1S/C12H15ClN2.ClH/c1-2-15-8-9(5-6-14)11-7-10(13)3-4-12(11)15;/h3-4,7-8H,2,5-6,14H2,1H3;1H. The van der Waals surface area contributed by atoms with Crippen LogP contribution in [0.4, 0.5) is 0 Å². The van der Waals surface area contributed by atoms with Crippen molar-refractivity contribution in [2.45, 2.75) is 19.9 Å². The molecule has 1 aromatic carbocycles. The van der Waals surface area contributed by atoms with Crippen molar-refractivity contribution >= 4 is 34.9 Å². The van der Waals surface area contributed by atoms with E-state index in [2.05, 4.69) is 23.8 Å². The Morgan fingerprint density at radius 2 is 2.12 bits per heavy atom. The molecule has 0 aliphatic carbocycles. The Bertz CT molecular complexity index is 477. The van der Waals surface area contributed by atoms with Crippen LogP contribution >= 0.6 is 24.0 Å². The first-order valence-corrected chi connectivity index (χ1v) is 5.61.